The van der Waals surface area contributed by atoms with E-state index in [9.17, 15) is 9.50 Å². The first kappa shape index (κ1) is 23.6. The Morgan fingerprint density at radius 1 is 1.08 bits per heavy atom. The Bertz CT molecular complexity index is 1470. The van der Waals surface area contributed by atoms with Gasteiger partial charge in [0, 0.05) is 30.9 Å². The Labute approximate surface area is 221 Å². The molecule has 1 aliphatic carbocycles. The SMILES string of the molecule is Cc1cn(-c2ccc(C=C3CC4(COC4)CN4C3=NN(C)CC4(CO)c3ccc(F)cc3)c3c2CC3)cn1. The van der Waals surface area contributed by atoms with E-state index in [1.807, 2.05) is 25.3 Å². The molecule has 4 heterocycles. The number of ether oxygens (including phenoxy) is 1. The zero-order valence-corrected chi connectivity index (χ0v) is 21.8. The van der Waals surface area contributed by atoms with E-state index in [0.29, 0.717) is 19.8 Å². The maximum absolute atomic E-state index is 13.9. The smallest absolute Gasteiger partial charge is 0.152 e. The third kappa shape index (κ3) is 3.54. The van der Waals surface area contributed by atoms with Crippen molar-refractivity contribution in [2.45, 2.75) is 31.7 Å². The number of hydrogen-bond acceptors (Lipinski definition) is 6. The van der Waals surface area contributed by atoms with Crippen LogP contribution >= 0.6 is 0 Å². The minimum Gasteiger partial charge on any atom is -0.393 e. The first-order valence-corrected chi connectivity index (χ1v) is 13.3. The van der Waals surface area contributed by atoms with E-state index in [-0.39, 0.29) is 17.8 Å². The van der Waals surface area contributed by atoms with Gasteiger partial charge in [0.2, 0.25) is 0 Å². The molecule has 7 nitrogen and oxygen atoms in total. The summed E-state index contributed by atoms with van der Waals surface area (Å²) in [5.41, 5.74) is 7.50. The number of hydrogen-bond donors (Lipinski definition) is 1. The molecule has 3 aliphatic heterocycles. The molecule has 0 bridgehead atoms. The molecule has 2 saturated heterocycles. The minimum atomic E-state index is -0.726. The number of piperidine rings is 1. The van der Waals surface area contributed by atoms with E-state index in [2.05, 4.69) is 38.9 Å². The number of aliphatic hydroxyl groups excluding tert-OH is 1. The number of fused-ring (bicyclic) bond motifs is 2. The lowest BCUT2D eigenvalue weighted by molar-refractivity contribution is -0.139. The van der Waals surface area contributed by atoms with Crippen LogP contribution in [0.15, 0.2) is 59.6 Å². The average molecular weight is 514 g/mol. The first-order valence-electron chi connectivity index (χ1n) is 13.3. The largest absolute Gasteiger partial charge is 0.393 e. The number of aromatic nitrogens is 2. The van der Waals surface area contributed by atoms with Crippen molar-refractivity contribution in [3.63, 3.8) is 0 Å². The van der Waals surface area contributed by atoms with Crippen LogP contribution < -0.4 is 0 Å². The Kier molecular flexibility index (Phi) is 5.29. The summed E-state index contributed by atoms with van der Waals surface area (Å²) in [4.78, 5) is 6.68. The Balaban J connectivity index is 1.33. The van der Waals surface area contributed by atoms with Crippen molar-refractivity contribution in [1.29, 1.82) is 0 Å². The summed E-state index contributed by atoms with van der Waals surface area (Å²) in [6.07, 6.45) is 9.25. The number of aliphatic hydroxyl groups is 1. The van der Waals surface area contributed by atoms with Crippen molar-refractivity contribution in [2.75, 3.05) is 40.0 Å². The van der Waals surface area contributed by atoms with Gasteiger partial charge in [0.05, 0.1) is 38.4 Å². The molecule has 0 amide bonds. The Morgan fingerprint density at radius 2 is 1.87 bits per heavy atom. The standard InChI is InChI=1S/C30H32FN5O2/c1-20-13-35(19-32-20)27-10-3-21(25-8-9-26(25)27)11-22-12-29(17-38-18-29)14-36-28(22)33-34(2)15-30(36,16-37)23-4-6-24(31)7-5-23/h3-7,10-11,13,19,37H,8-9,12,14-18H2,1-2H3. The Morgan fingerprint density at radius 3 is 2.50 bits per heavy atom. The number of hydrazone groups is 1. The van der Waals surface area contributed by atoms with Gasteiger partial charge in [0.25, 0.3) is 0 Å². The van der Waals surface area contributed by atoms with Crippen LogP contribution in [0.25, 0.3) is 11.8 Å². The molecule has 1 atom stereocenters. The van der Waals surface area contributed by atoms with E-state index in [1.54, 1.807) is 12.1 Å². The molecule has 8 heteroatoms. The lowest BCUT2D eigenvalue weighted by Gasteiger charge is -2.58. The van der Waals surface area contributed by atoms with Crippen LogP contribution in [0.4, 0.5) is 4.39 Å². The topological polar surface area (TPSA) is 66.1 Å². The van der Waals surface area contributed by atoms with E-state index in [4.69, 9.17) is 9.84 Å². The van der Waals surface area contributed by atoms with E-state index < -0.39 is 5.54 Å². The van der Waals surface area contributed by atoms with Crippen LogP contribution in [0.5, 0.6) is 0 Å². The lowest BCUT2D eigenvalue weighted by Crippen LogP contribution is -2.67. The minimum absolute atomic E-state index is 0.0252. The summed E-state index contributed by atoms with van der Waals surface area (Å²) in [5.74, 6) is 0.604. The van der Waals surface area contributed by atoms with Crippen molar-refractivity contribution < 1.29 is 14.2 Å². The number of nitrogens with zero attached hydrogens (tertiary/aromatic N) is 5. The average Bonchev–Trinajstić information content (AvgIpc) is 3.30. The van der Waals surface area contributed by atoms with Gasteiger partial charge in [-0.25, -0.2) is 9.37 Å². The van der Waals surface area contributed by atoms with Crippen molar-refractivity contribution >= 4 is 11.9 Å². The van der Waals surface area contributed by atoms with Crippen LogP contribution in [0, 0.1) is 18.2 Å². The van der Waals surface area contributed by atoms with Gasteiger partial charge >= 0.3 is 0 Å². The fourth-order valence-electron chi connectivity index (χ4n) is 6.65. The predicted octanol–water partition coefficient (Wildman–Crippen LogP) is 3.67. The molecule has 4 aliphatic rings. The zero-order valence-electron chi connectivity index (χ0n) is 21.8. The molecular weight excluding hydrogens is 481 g/mol. The van der Waals surface area contributed by atoms with Gasteiger partial charge in [0.1, 0.15) is 11.4 Å². The summed E-state index contributed by atoms with van der Waals surface area (Å²) < 4.78 is 21.7. The molecule has 7 rings (SSSR count). The molecule has 3 aromatic rings. The first-order chi connectivity index (χ1) is 18.4. The fourth-order valence-corrected chi connectivity index (χ4v) is 6.65. The van der Waals surface area contributed by atoms with Crippen molar-refractivity contribution in [3.05, 3.63) is 88.3 Å². The molecule has 2 aromatic carbocycles. The molecular formula is C30H32FN5O2. The summed E-state index contributed by atoms with van der Waals surface area (Å²) in [6.45, 7) is 4.54. The molecule has 1 unspecified atom stereocenters. The number of amidine groups is 1. The van der Waals surface area contributed by atoms with E-state index in [1.165, 1.54) is 34.5 Å². The van der Waals surface area contributed by atoms with Crippen LogP contribution in [0.3, 0.4) is 0 Å². The van der Waals surface area contributed by atoms with Gasteiger partial charge in [-0.1, -0.05) is 18.2 Å². The van der Waals surface area contributed by atoms with Crippen molar-refractivity contribution in [2.24, 2.45) is 10.5 Å². The van der Waals surface area contributed by atoms with E-state index >= 15 is 0 Å². The predicted molar refractivity (Wildman–Crippen MR) is 143 cm³/mol. The molecule has 0 saturated carbocycles. The van der Waals surface area contributed by atoms with Crippen molar-refractivity contribution in [3.8, 4) is 5.69 Å². The highest BCUT2D eigenvalue weighted by atomic mass is 19.1. The second-order valence-electron chi connectivity index (χ2n) is 11.4. The van der Waals surface area contributed by atoms with Gasteiger partial charge in [0.15, 0.2) is 5.84 Å². The highest BCUT2D eigenvalue weighted by molar-refractivity contribution is 6.04. The third-order valence-electron chi connectivity index (χ3n) is 8.72. The summed E-state index contributed by atoms with van der Waals surface area (Å²) in [6, 6.07) is 11.0. The fraction of sp³-hybridized carbons (Fsp3) is 0.400. The number of imidazole rings is 1. The second-order valence-corrected chi connectivity index (χ2v) is 11.4. The highest BCUT2D eigenvalue weighted by Crippen LogP contribution is 2.47. The highest BCUT2D eigenvalue weighted by Gasteiger charge is 2.54. The van der Waals surface area contributed by atoms with Gasteiger partial charge in [-0.2, -0.15) is 5.10 Å². The van der Waals surface area contributed by atoms with Gasteiger partial charge < -0.3 is 19.3 Å². The van der Waals surface area contributed by atoms with Crippen LogP contribution in [-0.2, 0) is 23.1 Å². The second kappa shape index (κ2) is 8.51. The van der Waals surface area contributed by atoms with Crippen LogP contribution in [0.1, 0.15) is 34.4 Å². The normalized spacial score (nSPS) is 24.5. The molecule has 1 aromatic heterocycles. The lowest BCUT2D eigenvalue weighted by atomic mass is 9.72. The number of rotatable bonds is 4. The molecule has 2 fully saturated rings. The van der Waals surface area contributed by atoms with E-state index in [0.717, 1.165) is 48.5 Å². The number of aryl methyl sites for hydroxylation is 1. The summed E-state index contributed by atoms with van der Waals surface area (Å²) in [5, 5.41) is 17.8. The molecule has 38 heavy (non-hydrogen) atoms. The molecule has 196 valence electrons. The molecule has 1 N–H and O–H groups in total. The number of halogens is 1. The Hall–Kier alpha value is -3.49. The van der Waals surface area contributed by atoms with Gasteiger partial charge in [-0.15, -0.1) is 0 Å². The zero-order chi connectivity index (χ0) is 26.1. The summed E-state index contributed by atoms with van der Waals surface area (Å²) >= 11 is 0. The quantitative estimate of drug-likeness (QED) is 0.577. The van der Waals surface area contributed by atoms with Gasteiger partial charge in [-0.05, 0) is 78.3 Å². The maximum atomic E-state index is 13.9. The number of benzene rings is 2. The molecule has 1 spiro atoms. The van der Waals surface area contributed by atoms with Crippen LogP contribution in [-0.4, -0.2) is 70.4 Å². The van der Waals surface area contributed by atoms with Gasteiger partial charge in [-0.3, -0.25) is 5.01 Å². The maximum Gasteiger partial charge on any atom is 0.152 e. The number of likely N-dealkylation sites (N-methyl/N-ethyl adjacent to an activating group) is 1. The summed E-state index contributed by atoms with van der Waals surface area (Å²) in [7, 11) is 1.95. The van der Waals surface area contributed by atoms with Crippen LogP contribution in [0.2, 0.25) is 0 Å². The monoisotopic (exact) mass is 513 g/mol. The van der Waals surface area contributed by atoms with Crippen molar-refractivity contribution in [1.82, 2.24) is 19.5 Å². The third-order valence-corrected chi connectivity index (χ3v) is 8.72. The molecule has 0 radical (unpaired) electrons.